The van der Waals surface area contributed by atoms with E-state index >= 15 is 0 Å². The van der Waals surface area contributed by atoms with Gasteiger partial charge >= 0.3 is 0 Å². The molecule has 1 aromatic rings. The molecule has 0 saturated carbocycles. The Morgan fingerprint density at radius 3 is 2.92 bits per heavy atom. The van der Waals surface area contributed by atoms with Crippen LogP contribution in [0.4, 0.5) is 5.69 Å². The molecule has 2 rings (SSSR count). The minimum absolute atomic E-state index is 0.216. The van der Waals surface area contributed by atoms with Crippen molar-refractivity contribution in [2.45, 2.75) is 12.8 Å². The third kappa shape index (κ3) is 1.39. The molecule has 0 atom stereocenters. The normalized spacial score (nSPS) is 16.3. The average molecular weight is 162 g/mol. The molecule has 3 nitrogen and oxygen atoms in total. The van der Waals surface area contributed by atoms with E-state index in [0.29, 0.717) is 6.42 Å². The lowest BCUT2D eigenvalue weighted by Crippen LogP contribution is -1.93. The lowest BCUT2D eigenvalue weighted by molar-refractivity contribution is -0.114. The zero-order valence-corrected chi connectivity index (χ0v) is 6.63. The minimum atomic E-state index is 0.216. The molecule has 62 valence electrons. The largest absolute Gasteiger partial charge is 0.366 e. The Balaban J connectivity index is 2.05. The fourth-order valence-electron chi connectivity index (χ4n) is 1.28. The summed E-state index contributed by atoms with van der Waals surface area (Å²) in [6, 6.07) is 1.93. The molecule has 1 heterocycles. The van der Waals surface area contributed by atoms with E-state index in [4.69, 9.17) is 0 Å². The molecule has 0 bridgehead atoms. The highest BCUT2D eigenvalue weighted by Crippen LogP contribution is 2.17. The first kappa shape index (κ1) is 7.16. The third-order valence-electron chi connectivity index (χ3n) is 1.88. The van der Waals surface area contributed by atoms with Crippen molar-refractivity contribution in [2.24, 2.45) is 0 Å². The molecule has 1 aromatic heterocycles. The first-order valence-corrected chi connectivity index (χ1v) is 3.98. The number of allylic oxidation sites excluding steroid dienone is 2. The van der Waals surface area contributed by atoms with E-state index in [-0.39, 0.29) is 5.78 Å². The summed E-state index contributed by atoms with van der Waals surface area (Å²) in [5.41, 5.74) is 2.02. The topological polar surface area (TPSA) is 44.9 Å². The first-order chi connectivity index (χ1) is 5.84. The van der Waals surface area contributed by atoms with Gasteiger partial charge in [-0.2, -0.15) is 0 Å². The Kier molecular flexibility index (Phi) is 1.70. The Morgan fingerprint density at radius 1 is 1.42 bits per heavy atom. The smallest absolute Gasteiger partial charge is 0.157 e. The van der Waals surface area contributed by atoms with Gasteiger partial charge in [0.2, 0.25) is 0 Å². The number of hydrogen-bond acceptors (Lipinski definition) is 2. The van der Waals surface area contributed by atoms with Crippen LogP contribution < -0.4 is 5.32 Å². The molecule has 2 N–H and O–H groups in total. The predicted octanol–water partition coefficient (Wildman–Crippen LogP) is 1.67. The molecule has 0 radical (unpaired) electrons. The molecular weight excluding hydrogens is 152 g/mol. The molecule has 0 unspecified atom stereocenters. The zero-order valence-electron chi connectivity index (χ0n) is 6.63. The number of aromatic nitrogens is 1. The maximum absolute atomic E-state index is 10.9. The Labute approximate surface area is 70.5 Å². The fourth-order valence-corrected chi connectivity index (χ4v) is 1.28. The van der Waals surface area contributed by atoms with Crippen molar-refractivity contribution in [3.05, 3.63) is 30.2 Å². The Hall–Kier alpha value is -1.51. The number of H-pyrrole nitrogens is 1. The molecule has 12 heavy (non-hydrogen) atoms. The maximum atomic E-state index is 10.9. The Bertz CT molecular complexity index is 311. The van der Waals surface area contributed by atoms with Crippen LogP contribution in [0, 0.1) is 0 Å². The highest BCUT2D eigenvalue weighted by Gasteiger charge is 2.11. The summed E-state index contributed by atoms with van der Waals surface area (Å²) in [5.74, 6) is 0.216. The SMILES string of the molecule is O=C1C=C(Nc2cc[nH]c2)CC1. The average Bonchev–Trinajstić information content (AvgIpc) is 2.63. The number of carbonyl (C=O) groups is 1. The van der Waals surface area contributed by atoms with Crippen molar-refractivity contribution in [1.82, 2.24) is 4.98 Å². The highest BCUT2D eigenvalue weighted by atomic mass is 16.1. The summed E-state index contributed by atoms with van der Waals surface area (Å²) in [6.07, 6.45) is 6.87. The van der Waals surface area contributed by atoms with Crippen LogP contribution in [0.15, 0.2) is 30.2 Å². The van der Waals surface area contributed by atoms with Crippen molar-refractivity contribution in [2.75, 3.05) is 5.32 Å². The third-order valence-corrected chi connectivity index (χ3v) is 1.88. The van der Waals surface area contributed by atoms with Crippen LogP contribution in [0.3, 0.4) is 0 Å². The summed E-state index contributed by atoms with van der Waals surface area (Å²) < 4.78 is 0. The van der Waals surface area contributed by atoms with E-state index < -0.39 is 0 Å². The van der Waals surface area contributed by atoms with Gasteiger partial charge < -0.3 is 10.3 Å². The molecule has 1 aliphatic rings. The van der Waals surface area contributed by atoms with Crippen LogP contribution >= 0.6 is 0 Å². The number of anilines is 1. The molecule has 0 saturated heterocycles. The molecule has 0 amide bonds. The number of nitrogens with one attached hydrogen (secondary N) is 2. The number of aromatic amines is 1. The fraction of sp³-hybridized carbons (Fsp3) is 0.222. The van der Waals surface area contributed by atoms with E-state index in [0.717, 1.165) is 17.8 Å². The maximum Gasteiger partial charge on any atom is 0.157 e. The molecule has 0 fully saturated rings. The van der Waals surface area contributed by atoms with Gasteiger partial charge in [-0.1, -0.05) is 0 Å². The number of carbonyl (C=O) groups excluding carboxylic acids is 1. The Morgan fingerprint density at radius 2 is 2.33 bits per heavy atom. The summed E-state index contributed by atoms with van der Waals surface area (Å²) >= 11 is 0. The van der Waals surface area contributed by atoms with E-state index in [1.165, 1.54) is 0 Å². The van der Waals surface area contributed by atoms with Gasteiger partial charge in [0.25, 0.3) is 0 Å². The minimum Gasteiger partial charge on any atom is -0.366 e. The summed E-state index contributed by atoms with van der Waals surface area (Å²) in [5, 5.41) is 3.16. The van der Waals surface area contributed by atoms with Gasteiger partial charge in [0.1, 0.15) is 0 Å². The van der Waals surface area contributed by atoms with E-state index in [9.17, 15) is 4.79 Å². The van der Waals surface area contributed by atoms with Crippen LogP contribution in [0.5, 0.6) is 0 Å². The van der Waals surface area contributed by atoms with E-state index in [2.05, 4.69) is 10.3 Å². The zero-order chi connectivity index (χ0) is 8.39. The number of ketones is 1. The lowest BCUT2D eigenvalue weighted by atomic mass is 10.3. The predicted molar refractivity (Wildman–Crippen MR) is 46.7 cm³/mol. The van der Waals surface area contributed by atoms with Gasteiger partial charge in [0, 0.05) is 30.6 Å². The van der Waals surface area contributed by atoms with Crippen molar-refractivity contribution in [1.29, 1.82) is 0 Å². The monoisotopic (exact) mass is 162 g/mol. The second kappa shape index (κ2) is 2.85. The first-order valence-electron chi connectivity index (χ1n) is 3.98. The second-order valence-corrected chi connectivity index (χ2v) is 2.86. The standard InChI is InChI=1S/C9H10N2O/c12-9-2-1-7(5-9)11-8-3-4-10-6-8/h3-6,10-11H,1-2H2. The lowest BCUT2D eigenvalue weighted by Gasteiger charge is -2.01. The van der Waals surface area contributed by atoms with Crippen LogP contribution in [-0.2, 0) is 4.79 Å². The van der Waals surface area contributed by atoms with Gasteiger partial charge in [0.15, 0.2) is 5.78 Å². The van der Waals surface area contributed by atoms with Crippen LogP contribution in [-0.4, -0.2) is 10.8 Å². The van der Waals surface area contributed by atoms with Crippen molar-refractivity contribution in [3.8, 4) is 0 Å². The molecule has 1 aliphatic carbocycles. The van der Waals surface area contributed by atoms with Gasteiger partial charge in [-0.25, -0.2) is 0 Å². The molecule has 0 spiro atoms. The second-order valence-electron chi connectivity index (χ2n) is 2.86. The van der Waals surface area contributed by atoms with Gasteiger partial charge in [0.05, 0.1) is 5.69 Å². The molecule has 3 heteroatoms. The van der Waals surface area contributed by atoms with Gasteiger partial charge in [-0.3, -0.25) is 4.79 Å². The summed E-state index contributed by atoms with van der Waals surface area (Å²) in [7, 11) is 0. The van der Waals surface area contributed by atoms with Gasteiger partial charge in [-0.15, -0.1) is 0 Å². The number of hydrogen-bond donors (Lipinski definition) is 2. The summed E-state index contributed by atoms with van der Waals surface area (Å²) in [4.78, 5) is 13.8. The van der Waals surface area contributed by atoms with E-state index in [1.54, 1.807) is 6.08 Å². The summed E-state index contributed by atoms with van der Waals surface area (Å²) in [6.45, 7) is 0. The van der Waals surface area contributed by atoms with Crippen LogP contribution in [0.1, 0.15) is 12.8 Å². The van der Waals surface area contributed by atoms with Crippen molar-refractivity contribution in [3.63, 3.8) is 0 Å². The van der Waals surface area contributed by atoms with Crippen molar-refractivity contribution < 1.29 is 4.79 Å². The van der Waals surface area contributed by atoms with Gasteiger partial charge in [-0.05, 0) is 12.5 Å². The molecular formula is C9H10N2O. The van der Waals surface area contributed by atoms with E-state index in [1.807, 2.05) is 18.5 Å². The number of rotatable bonds is 2. The van der Waals surface area contributed by atoms with Crippen LogP contribution in [0.2, 0.25) is 0 Å². The molecule has 0 aromatic carbocycles. The highest BCUT2D eigenvalue weighted by molar-refractivity contribution is 5.93. The quantitative estimate of drug-likeness (QED) is 0.694. The molecule has 0 aliphatic heterocycles. The van der Waals surface area contributed by atoms with Crippen LogP contribution in [0.25, 0.3) is 0 Å². The van der Waals surface area contributed by atoms with Crippen molar-refractivity contribution >= 4 is 11.5 Å².